The van der Waals surface area contributed by atoms with Gasteiger partial charge >= 0.3 is 0 Å². The van der Waals surface area contributed by atoms with Crippen molar-refractivity contribution >= 4 is 33.7 Å². The number of carbonyl (C=O) groups is 1. The van der Waals surface area contributed by atoms with E-state index in [0.29, 0.717) is 37.3 Å². The average Bonchev–Trinajstić information content (AvgIpc) is 3.43. The minimum absolute atomic E-state index is 0.156. The van der Waals surface area contributed by atoms with Crippen molar-refractivity contribution in [3.05, 3.63) is 48.5 Å². The number of imidazole rings is 1. The number of aliphatic hydroxyl groups excluding tert-OH is 1. The molecule has 9 heteroatoms. The molecule has 1 fully saturated rings. The van der Waals surface area contributed by atoms with Gasteiger partial charge in [-0.05, 0) is 51.1 Å². The molecule has 1 atom stereocenters. The van der Waals surface area contributed by atoms with Gasteiger partial charge in [0.2, 0.25) is 5.91 Å². The lowest BCUT2D eigenvalue weighted by Gasteiger charge is -2.20. The Kier molecular flexibility index (Phi) is 6.36. The van der Waals surface area contributed by atoms with E-state index >= 15 is 0 Å². The molecule has 3 N–H and O–H groups in total. The normalized spacial score (nSPS) is 15.1. The molecule has 5 rings (SSSR count). The van der Waals surface area contributed by atoms with Crippen LogP contribution in [0.5, 0.6) is 0 Å². The molecule has 1 aliphatic heterocycles. The molecule has 4 heterocycles. The summed E-state index contributed by atoms with van der Waals surface area (Å²) < 4.78 is 2.16. The second-order valence-corrected chi connectivity index (χ2v) is 9.35. The number of carbonyl (C=O) groups excluding carboxylic acids is 1. The first kappa shape index (κ1) is 23.2. The third-order valence-electron chi connectivity index (χ3n) is 6.72. The third kappa shape index (κ3) is 4.56. The van der Waals surface area contributed by atoms with E-state index in [-0.39, 0.29) is 5.91 Å². The average molecular weight is 474 g/mol. The highest BCUT2D eigenvalue weighted by atomic mass is 16.3. The molecule has 0 bridgehead atoms. The number of benzene rings is 1. The van der Waals surface area contributed by atoms with Gasteiger partial charge in [0.05, 0.1) is 17.6 Å². The van der Waals surface area contributed by atoms with Crippen molar-refractivity contribution in [2.75, 3.05) is 26.4 Å². The quantitative estimate of drug-likeness (QED) is 0.378. The molecule has 182 valence electrons. The predicted molar refractivity (Wildman–Crippen MR) is 136 cm³/mol. The van der Waals surface area contributed by atoms with Gasteiger partial charge in [-0.2, -0.15) is 0 Å². The lowest BCUT2D eigenvalue weighted by molar-refractivity contribution is -0.128. The lowest BCUT2D eigenvalue weighted by Crippen LogP contribution is -2.28. The molecule has 9 nitrogen and oxygen atoms in total. The first-order chi connectivity index (χ1) is 16.9. The number of aryl methyl sites for hydroxylation is 1. The number of aromatic nitrogens is 4. The Morgan fingerprint density at radius 1 is 1.20 bits per heavy atom. The van der Waals surface area contributed by atoms with E-state index in [1.165, 1.54) is 0 Å². The number of pyridine rings is 2. The van der Waals surface area contributed by atoms with Crippen molar-refractivity contribution in [2.45, 2.75) is 45.0 Å². The van der Waals surface area contributed by atoms with Crippen LogP contribution in [0.25, 0.3) is 33.1 Å². The molecule has 1 aliphatic rings. The molecule has 35 heavy (non-hydrogen) atoms. The van der Waals surface area contributed by atoms with Crippen LogP contribution in [-0.2, 0) is 17.9 Å². The van der Waals surface area contributed by atoms with Gasteiger partial charge in [0.1, 0.15) is 17.6 Å². The van der Waals surface area contributed by atoms with Crippen LogP contribution < -0.4 is 5.73 Å². The summed E-state index contributed by atoms with van der Waals surface area (Å²) in [6.07, 6.45) is 5.90. The zero-order valence-electron chi connectivity index (χ0n) is 20.2. The smallest absolute Gasteiger partial charge is 0.223 e. The van der Waals surface area contributed by atoms with E-state index in [0.717, 1.165) is 52.8 Å². The van der Waals surface area contributed by atoms with E-state index in [1.54, 1.807) is 11.1 Å². The van der Waals surface area contributed by atoms with Crippen molar-refractivity contribution in [2.24, 2.45) is 0 Å². The number of amides is 1. The SMILES string of the molecule is CN(C)C(O)CCCn1c(CN2CCCC2=O)nc2c(N)nc3cc(-c4cccnc4)ccc3c21. The van der Waals surface area contributed by atoms with E-state index in [2.05, 4.69) is 26.7 Å². The summed E-state index contributed by atoms with van der Waals surface area (Å²) in [6, 6.07) is 10.1. The maximum atomic E-state index is 12.3. The lowest BCUT2D eigenvalue weighted by atomic mass is 10.0. The number of hydrogen-bond donors (Lipinski definition) is 2. The number of likely N-dealkylation sites (tertiary alicyclic amines) is 1. The molecule has 1 saturated heterocycles. The summed E-state index contributed by atoms with van der Waals surface area (Å²) in [5.74, 6) is 1.33. The van der Waals surface area contributed by atoms with E-state index in [9.17, 15) is 9.90 Å². The van der Waals surface area contributed by atoms with Crippen molar-refractivity contribution in [1.29, 1.82) is 0 Å². The van der Waals surface area contributed by atoms with Crippen molar-refractivity contribution in [1.82, 2.24) is 29.3 Å². The van der Waals surface area contributed by atoms with Gasteiger partial charge in [0.15, 0.2) is 5.82 Å². The largest absolute Gasteiger partial charge is 0.382 e. The molecule has 1 amide bonds. The van der Waals surface area contributed by atoms with Crippen LogP contribution in [-0.4, -0.2) is 67.2 Å². The summed E-state index contributed by atoms with van der Waals surface area (Å²) in [7, 11) is 3.73. The van der Waals surface area contributed by atoms with Crippen LogP contribution in [0.15, 0.2) is 42.7 Å². The maximum absolute atomic E-state index is 12.3. The molecule has 0 spiro atoms. The molecule has 0 radical (unpaired) electrons. The van der Waals surface area contributed by atoms with Crippen LogP contribution in [0.3, 0.4) is 0 Å². The summed E-state index contributed by atoms with van der Waals surface area (Å²) in [5.41, 5.74) is 10.8. The van der Waals surface area contributed by atoms with Crippen LogP contribution >= 0.6 is 0 Å². The number of anilines is 1. The van der Waals surface area contributed by atoms with E-state index in [1.807, 2.05) is 43.4 Å². The summed E-state index contributed by atoms with van der Waals surface area (Å²) in [6.45, 7) is 1.84. The van der Waals surface area contributed by atoms with Crippen molar-refractivity contribution in [3.8, 4) is 11.1 Å². The van der Waals surface area contributed by atoms with Crippen LogP contribution in [0, 0.1) is 0 Å². The zero-order chi connectivity index (χ0) is 24.5. The predicted octanol–water partition coefficient (Wildman–Crippen LogP) is 3.01. The third-order valence-corrected chi connectivity index (χ3v) is 6.72. The molecule has 0 aliphatic carbocycles. The van der Waals surface area contributed by atoms with Gasteiger partial charge < -0.3 is 20.3 Å². The van der Waals surface area contributed by atoms with Gasteiger partial charge in [0.25, 0.3) is 0 Å². The van der Waals surface area contributed by atoms with Crippen LogP contribution in [0.4, 0.5) is 5.82 Å². The van der Waals surface area contributed by atoms with Gasteiger partial charge in [-0.15, -0.1) is 0 Å². The second kappa shape index (κ2) is 9.59. The highest BCUT2D eigenvalue weighted by Crippen LogP contribution is 2.32. The number of hydrogen-bond acceptors (Lipinski definition) is 7. The Balaban J connectivity index is 1.60. The summed E-state index contributed by atoms with van der Waals surface area (Å²) >= 11 is 0. The number of nitrogens with two attached hydrogens (primary N) is 1. The number of fused-ring (bicyclic) bond motifs is 3. The van der Waals surface area contributed by atoms with E-state index < -0.39 is 6.23 Å². The molecule has 1 aromatic carbocycles. The maximum Gasteiger partial charge on any atom is 0.223 e. The Bertz CT molecular complexity index is 1370. The highest BCUT2D eigenvalue weighted by molar-refractivity contribution is 6.07. The molecule has 0 saturated carbocycles. The fraction of sp³-hybridized carbons (Fsp3) is 0.385. The number of rotatable bonds is 8. The Morgan fingerprint density at radius 2 is 2.06 bits per heavy atom. The Labute approximate surface area is 204 Å². The minimum Gasteiger partial charge on any atom is -0.382 e. The molecule has 4 aromatic rings. The fourth-order valence-corrected chi connectivity index (χ4v) is 4.76. The van der Waals surface area contributed by atoms with Gasteiger partial charge in [0, 0.05) is 42.9 Å². The monoisotopic (exact) mass is 473 g/mol. The van der Waals surface area contributed by atoms with Crippen molar-refractivity contribution < 1.29 is 9.90 Å². The van der Waals surface area contributed by atoms with Crippen LogP contribution in [0.2, 0.25) is 0 Å². The summed E-state index contributed by atoms with van der Waals surface area (Å²) in [5, 5.41) is 11.2. The fourth-order valence-electron chi connectivity index (χ4n) is 4.76. The molecular weight excluding hydrogens is 442 g/mol. The second-order valence-electron chi connectivity index (χ2n) is 9.35. The first-order valence-electron chi connectivity index (χ1n) is 12.0. The molecule has 3 aromatic heterocycles. The minimum atomic E-state index is -0.515. The Morgan fingerprint density at radius 3 is 2.77 bits per heavy atom. The Hall–Kier alpha value is -3.56. The van der Waals surface area contributed by atoms with E-state index in [4.69, 9.17) is 10.7 Å². The van der Waals surface area contributed by atoms with Crippen LogP contribution in [0.1, 0.15) is 31.5 Å². The zero-order valence-corrected chi connectivity index (χ0v) is 20.2. The topological polar surface area (TPSA) is 113 Å². The first-order valence-corrected chi connectivity index (χ1v) is 12.0. The number of aliphatic hydroxyl groups is 1. The highest BCUT2D eigenvalue weighted by Gasteiger charge is 2.24. The number of nitrogen functional groups attached to an aromatic ring is 1. The van der Waals surface area contributed by atoms with Gasteiger partial charge in [-0.1, -0.05) is 18.2 Å². The molecular formula is C26H31N7O2. The number of nitrogens with zero attached hydrogens (tertiary/aromatic N) is 6. The van der Waals surface area contributed by atoms with Crippen molar-refractivity contribution in [3.63, 3.8) is 0 Å². The van der Waals surface area contributed by atoms with Gasteiger partial charge in [-0.3, -0.25) is 14.7 Å². The summed E-state index contributed by atoms with van der Waals surface area (Å²) in [4.78, 5) is 29.8. The van der Waals surface area contributed by atoms with Gasteiger partial charge in [-0.25, -0.2) is 9.97 Å². The molecule has 1 unspecified atom stereocenters. The standard InChI is InChI=1S/C26H31N7O2/c1-31(2)22(34)7-5-13-33-21(16-32-12-4-8-23(32)35)30-24-25(33)19-10-9-17(14-20(19)29-26(24)27)18-6-3-11-28-15-18/h3,6,9-11,14-15,22,34H,4-5,7-8,12-13,16H2,1-2H3,(H2,27,29).